The third-order valence-electron chi connectivity index (χ3n) is 1.96. The second-order valence-corrected chi connectivity index (χ2v) is 4.36. The summed E-state index contributed by atoms with van der Waals surface area (Å²) >= 11 is 2.10. The lowest BCUT2D eigenvalue weighted by molar-refractivity contribution is 0.1000. The molecule has 0 saturated carbocycles. The van der Waals surface area contributed by atoms with Crippen LogP contribution in [0.2, 0.25) is 0 Å². The van der Waals surface area contributed by atoms with Gasteiger partial charge in [-0.25, -0.2) is 0 Å². The highest BCUT2D eigenvalue weighted by Crippen LogP contribution is 2.33. The lowest BCUT2D eigenvalue weighted by atomic mass is 10.2. The van der Waals surface area contributed by atoms with Crippen molar-refractivity contribution in [1.29, 1.82) is 0 Å². The Balaban J connectivity index is 3.12. The molecule has 1 amide bonds. The minimum Gasteiger partial charge on any atom is -0.493 e. The average Bonchev–Trinajstić information content (AvgIpc) is 2.26. The summed E-state index contributed by atoms with van der Waals surface area (Å²) in [6.45, 7) is 2.64. The summed E-state index contributed by atoms with van der Waals surface area (Å²) in [6, 6.07) is 3.28. The van der Waals surface area contributed by atoms with E-state index in [1.165, 1.54) is 7.11 Å². The van der Waals surface area contributed by atoms with E-state index in [1.54, 1.807) is 12.1 Å². The first-order valence-electron chi connectivity index (χ1n) is 4.90. The summed E-state index contributed by atoms with van der Waals surface area (Å²) in [5.41, 5.74) is 5.64. The number of halogens is 1. The SMILES string of the molecule is CCCOc1c(I)cc(C(N)=O)cc1OC. The number of hydrogen-bond acceptors (Lipinski definition) is 3. The second-order valence-electron chi connectivity index (χ2n) is 3.20. The summed E-state index contributed by atoms with van der Waals surface area (Å²) in [4.78, 5) is 11.1. The zero-order valence-corrected chi connectivity index (χ0v) is 11.4. The minimum absolute atomic E-state index is 0.421. The van der Waals surface area contributed by atoms with Gasteiger partial charge < -0.3 is 15.2 Å². The van der Waals surface area contributed by atoms with Crippen molar-refractivity contribution in [3.8, 4) is 11.5 Å². The molecule has 0 unspecified atom stereocenters. The fourth-order valence-electron chi connectivity index (χ4n) is 1.21. The van der Waals surface area contributed by atoms with Crippen LogP contribution in [0.15, 0.2) is 12.1 Å². The van der Waals surface area contributed by atoms with Gasteiger partial charge in [0.25, 0.3) is 0 Å². The van der Waals surface area contributed by atoms with Crippen molar-refractivity contribution < 1.29 is 14.3 Å². The molecular formula is C11H14INO3. The van der Waals surface area contributed by atoms with Gasteiger partial charge in [0.05, 0.1) is 17.3 Å². The molecule has 88 valence electrons. The molecule has 0 aliphatic rings. The Morgan fingerprint density at radius 1 is 1.50 bits per heavy atom. The van der Waals surface area contributed by atoms with Crippen molar-refractivity contribution in [1.82, 2.24) is 0 Å². The standard InChI is InChI=1S/C11H14INO3/c1-3-4-16-10-8(12)5-7(11(13)14)6-9(10)15-2/h5-6H,3-4H2,1-2H3,(H2,13,14). The molecule has 0 aliphatic heterocycles. The smallest absolute Gasteiger partial charge is 0.248 e. The number of primary amides is 1. The van der Waals surface area contributed by atoms with E-state index in [9.17, 15) is 4.79 Å². The third kappa shape index (κ3) is 3.01. The Morgan fingerprint density at radius 2 is 2.19 bits per heavy atom. The summed E-state index contributed by atoms with van der Waals surface area (Å²) < 4.78 is 11.6. The molecule has 4 nitrogen and oxygen atoms in total. The van der Waals surface area contributed by atoms with Gasteiger partial charge in [0.1, 0.15) is 0 Å². The highest BCUT2D eigenvalue weighted by atomic mass is 127. The Morgan fingerprint density at radius 3 is 2.69 bits per heavy atom. The molecule has 0 radical (unpaired) electrons. The van der Waals surface area contributed by atoms with Crippen LogP contribution >= 0.6 is 22.6 Å². The van der Waals surface area contributed by atoms with Crippen LogP contribution in [0.25, 0.3) is 0 Å². The van der Waals surface area contributed by atoms with E-state index >= 15 is 0 Å². The molecule has 1 aromatic carbocycles. The highest BCUT2D eigenvalue weighted by Gasteiger charge is 2.13. The summed E-state index contributed by atoms with van der Waals surface area (Å²) in [5.74, 6) is 0.724. The van der Waals surface area contributed by atoms with Crippen LogP contribution in [0.5, 0.6) is 11.5 Å². The van der Waals surface area contributed by atoms with Gasteiger partial charge in [0, 0.05) is 5.56 Å². The molecule has 0 saturated heterocycles. The average molecular weight is 335 g/mol. The maximum Gasteiger partial charge on any atom is 0.248 e. The van der Waals surface area contributed by atoms with Gasteiger partial charge in [-0.05, 0) is 41.1 Å². The monoisotopic (exact) mass is 335 g/mol. The predicted octanol–water partition coefficient (Wildman–Crippen LogP) is 2.19. The van der Waals surface area contributed by atoms with Crippen LogP contribution in [0, 0.1) is 3.57 Å². The largest absolute Gasteiger partial charge is 0.493 e. The van der Waals surface area contributed by atoms with E-state index < -0.39 is 5.91 Å². The zero-order valence-electron chi connectivity index (χ0n) is 9.25. The lowest BCUT2D eigenvalue weighted by Gasteiger charge is -2.12. The molecule has 0 heterocycles. The van der Waals surface area contributed by atoms with Crippen molar-refractivity contribution in [2.75, 3.05) is 13.7 Å². The molecule has 5 heteroatoms. The lowest BCUT2D eigenvalue weighted by Crippen LogP contribution is -2.12. The minimum atomic E-state index is -0.474. The van der Waals surface area contributed by atoms with Gasteiger partial charge in [0.15, 0.2) is 11.5 Å². The van der Waals surface area contributed by atoms with Crippen LogP contribution in [0.4, 0.5) is 0 Å². The van der Waals surface area contributed by atoms with Crippen LogP contribution in [-0.2, 0) is 0 Å². The first kappa shape index (κ1) is 13.1. The number of methoxy groups -OCH3 is 1. The van der Waals surface area contributed by atoms with Crippen molar-refractivity contribution in [3.05, 3.63) is 21.3 Å². The topological polar surface area (TPSA) is 61.5 Å². The maximum absolute atomic E-state index is 11.1. The molecule has 0 spiro atoms. The molecule has 1 aromatic rings. The van der Waals surface area contributed by atoms with E-state index in [2.05, 4.69) is 22.6 Å². The highest BCUT2D eigenvalue weighted by molar-refractivity contribution is 14.1. The number of amides is 1. The number of hydrogen-bond donors (Lipinski definition) is 1. The fourth-order valence-corrected chi connectivity index (χ4v) is 1.96. The zero-order chi connectivity index (χ0) is 12.1. The van der Waals surface area contributed by atoms with Crippen LogP contribution < -0.4 is 15.2 Å². The Kier molecular flexibility index (Phi) is 4.85. The van der Waals surface area contributed by atoms with Crippen molar-refractivity contribution >= 4 is 28.5 Å². The first-order valence-corrected chi connectivity index (χ1v) is 5.98. The van der Waals surface area contributed by atoms with Gasteiger partial charge >= 0.3 is 0 Å². The van der Waals surface area contributed by atoms with E-state index in [4.69, 9.17) is 15.2 Å². The number of ether oxygens (including phenoxy) is 2. The van der Waals surface area contributed by atoms with Crippen molar-refractivity contribution in [2.45, 2.75) is 13.3 Å². The molecule has 16 heavy (non-hydrogen) atoms. The van der Waals surface area contributed by atoms with Gasteiger partial charge in [-0.2, -0.15) is 0 Å². The first-order chi connectivity index (χ1) is 7.60. The molecular weight excluding hydrogens is 321 g/mol. The van der Waals surface area contributed by atoms with Gasteiger partial charge in [-0.3, -0.25) is 4.79 Å². The number of nitrogens with two attached hydrogens (primary N) is 1. The number of benzene rings is 1. The number of carbonyl (C=O) groups is 1. The Labute approximate surface area is 108 Å². The summed E-state index contributed by atoms with van der Waals surface area (Å²) in [6.07, 6.45) is 0.913. The predicted molar refractivity (Wildman–Crippen MR) is 70.0 cm³/mol. The van der Waals surface area contributed by atoms with Gasteiger partial charge in [-0.1, -0.05) is 6.92 Å². The molecule has 0 aromatic heterocycles. The van der Waals surface area contributed by atoms with Crippen molar-refractivity contribution in [3.63, 3.8) is 0 Å². The Hall–Kier alpha value is -0.980. The van der Waals surface area contributed by atoms with E-state index in [1.807, 2.05) is 6.92 Å². The summed E-state index contributed by atoms with van der Waals surface area (Å²) in [5, 5.41) is 0. The molecule has 0 bridgehead atoms. The van der Waals surface area contributed by atoms with Gasteiger partial charge in [0.2, 0.25) is 5.91 Å². The second kappa shape index (κ2) is 5.93. The van der Waals surface area contributed by atoms with E-state index in [-0.39, 0.29) is 0 Å². The van der Waals surface area contributed by atoms with Crippen LogP contribution in [0.3, 0.4) is 0 Å². The third-order valence-corrected chi connectivity index (χ3v) is 2.77. The fraction of sp³-hybridized carbons (Fsp3) is 0.364. The quantitative estimate of drug-likeness (QED) is 0.839. The molecule has 0 aliphatic carbocycles. The normalized spacial score (nSPS) is 9.94. The Bertz CT molecular complexity index is 393. The van der Waals surface area contributed by atoms with Crippen LogP contribution in [0.1, 0.15) is 23.7 Å². The van der Waals surface area contributed by atoms with Gasteiger partial charge in [-0.15, -0.1) is 0 Å². The summed E-state index contributed by atoms with van der Waals surface area (Å²) in [7, 11) is 1.54. The number of rotatable bonds is 5. The number of carbonyl (C=O) groups excluding carboxylic acids is 1. The molecule has 2 N–H and O–H groups in total. The molecule has 0 fully saturated rings. The molecule has 0 atom stereocenters. The van der Waals surface area contributed by atoms with Crippen LogP contribution in [-0.4, -0.2) is 19.6 Å². The maximum atomic E-state index is 11.1. The van der Waals surface area contributed by atoms with E-state index in [0.29, 0.717) is 23.7 Å². The molecule has 1 rings (SSSR count). The van der Waals surface area contributed by atoms with Crippen molar-refractivity contribution in [2.24, 2.45) is 5.73 Å². The van der Waals surface area contributed by atoms with E-state index in [0.717, 1.165) is 9.99 Å².